The SMILES string of the molecule is Cc1nc(SC2=C(C(=O)O)N3C(=O)[C@@H](NC(=O)/C(=N/OCCF)c4csc(N)n4)[C@H]3CC2)sc1C. The van der Waals surface area contributed by atoms with Crippen LogP contribution in [0.4, 0.5) is 9.52 Å². The average Bonchev–Trinajstić information content (AvgIpc) is 3.38. The third-order valence-corrected chi connectivity index (χ3v) is 8.36. The first-order valence-electron chi connectivity index (χ1n) is 10.4. The van der Waals surface area contributed by atoms with Crippen molar-refractivity contribution >= 4 is 63.1 Å². The Hall–Kier alpha value is -3.04. The minimum absolute atomic E-state index is 0.0975. The van der Waals surface area contributed by atoms with Gasteiger partial charge in [-0.2, -0.15) is 0 Å². The molecule has 186 valence electrons. The number of nitrogen functional groups attached to an aromatic ring is 1. The van der Waals surface area contributed by atoms with Gasteiger partial charge in [0.1, 0.15) is 30.7 Å². The number of aryl methyl sites for hydroxylation is 2. The van der Waals surface area contributed by atoms with Gasteiger partial charge in [-0.3, -0.25) is 14.5 Å². The molecule has 35 heavy (non-hydrogen) atoms. The molecule has 1 saturated heterocycles. The Morgan fingerprint density at radius 1 is 1.43 bits per heavy atom. The molecule has 0 bridgehead atoms. The van der Waals surface area contributed by atoms with Gasteiger partial charge < -0.3 is 21.0 Å². The molecular weight excluding hydrogens is 519 g/mol. The number of nitrogens with two attached hydrogens (primary N) is 1. The van der Waals surface area contributed by atoms with Gasteiger partial charge in [0.25, 0.3) is 11.8 Å². The van der Waals surface area contributed by atoms with Crippen LogP contribution in [-0.2, 0) is 19.2 Å². The monoisotopic (exact) mass is 540 g/mol. The lowest BCUT2D eigenvalue weighted by Gasteiger charge is -2.50. The maximum absolute atomic E-state index is 13.0. The van der Waals surface area contributed by atoms with E-state index in [2.05, 4.69) is 20.4 Å². The molecule has 0 spiro atoms. The van der Waals surface area contributed by atoms with Gasteiger partial charge in [0.15, 0.2) is 15.2 Å². The van der Waals surface area contributed by atoms with Crippen LogP contribution in [0.25, 0.3) is 0 Å². The molecule has 0 radical (unpaired) electrons. The van der Waals surface area contributed by atoms with Gasteiger partial charge in [-0.25, -0.2) is 19.2 Å². The summed E-state index contributed by atoms with van der Waals surface area (Å²) in [6, 6.07) is -1.48. The van der Waals surface area contributed by atoms with E-state index in [-0.39, 0.29) is 28.8 Å². The minimum Gasteiger partial charge on any atom is -0.477 e. The van der Waals surface area contributed by atoms with E-state index in [9.17, 15) is 23.9 Å². The smallest absolute Gasteiger partial charge is 0.353 e. The molecule has 4 N–H and O–H groups in total. The number of thiazole rings is 2. The minimum atomic E-state index is -1.22. The maximum atomic E-state index is 13.0. The molecule has 2 aliphatic heterocycles. The van der Waals surface area contributed by atoms with E-state index in [0.717, 1.165) is 21.9 Å². The summed E-state index contributed by atoms with van der Waals surface area (Å²) in [6.45, 7) is 2.65. The zero-order valence-corrected chi connectivity index (χ0v) is 21.1. The molecule has 2 aromatic heterocycles. The van der Waals surface area contributed by atoms with Crippen LogP contribution in [0.2, 0.25) is 0 Å². The molecule has 4 heterocycles. The maximum Gasteiger partial charge on any atom is 0.353 e. The van der Waals surface area contributed by atoms with E-state index in [0.29, 0.717) is 22.1 Å². The number of anilines is 1. The number of hydrogen-bond acceptors (Lipinski definition) is 11. The number of thioether (sulfide) groups is 1. The van der Waals surface area contributed by atoms with E-state index < -0.39 is 36.5 Å². The number of carbonyl (C=O) groups excluding carboxylic acids is 2. The second kappa shape index (κ2) is 10.3. The summed E-state index contributed by atoms with van der Waals surface area (Å²) >= 11 is 3.79. The molecule has 4 rings (SSSR count). The zero-order chi connectivity index (χ0) is 25.3. The van der Waals surface area contributed by atoms with Crippen LogP contribution in [-0.4, -0.2) is 68.8 Å². The zero-order valence-electron chi connectivity index (χ0n) is 18.6. The standard InChI is InChI=1S/C20H21FN6O5S3/c1-8-9(2)34-20(23-8)35-12-4-3-11-14(17(29)27(11)15(12)18(30)31)25-16(28)13(26-32-6-5-21)10-7-33-19(22)24-10/h7,11,14H,3-6H2,1-2H3,(H2,22,24)(H,25,28)(H,30,31)/b26-13+/t11-,14+/m1/s1. The number of fused-ring (bicyclic) bond motifs is 1. The van der Waals surface area contributed by atoms with Gasteiger partial charge >= 0.3 is 5.97 Å². The number of rotatable bonds is 9. The summed E-state index contributed by atoms with van der Waals surface area (Å²) in [5.41, 5.74) is 6.28. The molecule has 2 aromatic rings. The van der Waals surface area contributed by atoms with E-state index in [1.165, 1.54) is 33.4 Å². The Balaban J connectivity index is 1.52. The number of β-lactam (4-membered cyclic amide) rings is 1. The van der Waals surface area contributed by atoms with Gasteiger partial charge in [0, 0.05) is 15.2 Å². The molecule has 2 atom stereocenters. The fraction of sp³-hybridized carbons (Fsp3) is 0.400. The predicted molar refractivity (Wildman–Crippen MR) is 129 cm³/mol. The van der Waals surface area contributed by atoms with E-state index in [4.69, 9.17) is 10.6 Å². The number of hydrogen-bond donors (Lipinski definition) is 3. The van der Waals surface area contributed by atoms with Crippen molar-refractivity contribution in [2.45, 2.75) is 43.1 Å². The molecule has 0 saturated carbocycles. The summed E-state index contributed by atoms with van der Waals surface area (Å²) in [5.74, 6) is -2.53. The molecule has 2 amide bonds. The lowest BCUT2D eigenvalue weighted by molar-refractivity contribution is -0.155. The van der Waals surface area contributed by atoms with Crippen LogP contribution in [0.1, 0.15) is 29.1 Å². The predicted octanol–water partition coefficient (Wildman–Crippen LogP) is 2.07. The van der Waals surface area contributed by atoms with Crippen molar-refractivity contribution in [2.24, 2.45) is 5.16 Å². The number of allylic oxidation sites excluding steroid dienone is 1. The van der Waals surface area contributed by atoms with E-state index in [1.807, 2.05) is 13.8 Å². The van der Waals surface area contributed by atoms with Crippen LogP contribution in [0.5, 0.6) is 0 Å². The summed E-state index contributed by atoms with van der Waals surface area (Å²) in [7, 11) is 0. The number of carbonyl (C=O) groups is 3. The van der Waals surface area contributed by atoms with Gasteiger partial charge in [-0.1, -0.05) is 16.9 Å². The van der Waals surface area contributed by atoms with Crippen LogP contribution < -0.4 is 11.1 Å². The summed E-state index contributed by atoms with van der Waals surface area (Å²) in [6.07, 6.45) is 0.863. The normalized spacial score (nSPS) is 19.9. The third kappa shape index (κ3) is 5.01. The van der Waals surface area contributed by atoms with E-state index >= 15 is 0 Å². The molecule has 0 unspecified atom stereocenters. The lowest BCUT2D eigenvalue weighted by Crippen LogP contribution is -2.72. The first-order chi connectivity index (χ1) is 16.7. The Labute approximate surface area is 211 Å². The second-order valence-corrected chi connectivity index (χ2v) is 11.0. The summed E-state index contributed by atoms with van der Waals surface area (Å²) < 4.78 is 13.1. The highest BCUT2D eigenvalue weighted by Crippen LogP contribution is 2.44. The molecule has 15 heteroatoms. The number of aliphatic carboxylic acids is 1. The number of aromatic nitrogens is 2. The van der Waals surface area contributed by atoms with Gasteiger partial charge in [0.2, 0.25) is 0 Å². The first kappa shape index (κ1) is 25.1. The fourth-order valence-electron chi connectivity index (χ4n) is 3.68. The second-order valence-electron chi connectivity index (χ2n) is 7.60. The number of carboxylic acids is 1. The lowest BCUT2D eigenvalue weighted by atomic mass is 9.86. The van der Waals surface area contributed by atoms with Crippen molar-refractivity contribution in [2.75, 3.05) is 19.0 Å². The number of carboxylic acid groups (broad SMARTS) is 1. The summed E-state index contributed by atoms with van der Waals surface area (Å²) in [5, 5.41) is 17.8. The van der Waals surface area contributed by atoms with Crippen molar-refractivity contribution in [1.82, 2.24) is 20.2 Å². The average molecular weight is 541 g/mol. The van der Waals surface area contributed by atoms with Crippen molar-refractivity contribution in [3.05, 3.63) is 32.2 Å². The molecule has 2 aliphatic rings. The number of nitrogens with zero attached hydrogens (tertiary/aromatic N) is 4. The van der Waals surface area contributed by atoms with Crippen LogP contribution >= 0.6 is 34.4 Å². The Morgan fingerprint density at radius 3 is 2.80 bits per heavy atom. The number of halogens is 1. The largest absolute Gasteiger partial charge is 0.477 e. The molecule has 0 aromatic carbocycles. The van der Waals surface area contributed by atoms with Crippen molar-refractivity contribution in [1.29, 1.82) is 0 Å². The molecule has 1 fully saturated rings. The van der Waals surface area contributed by atoms with Crippen LogP contribution in [0, 0.1) is 13.8 Å². The highest BCUT2D eigenvalue weighted by atomic mass is 32.2. The van der Waals surface area contributed by atoms with E-state index in [1.54, 1.807) is 0 Å². The molecule has 11 nitrogen and oxygen atoms in total. The Kier molecular flexibility index (Phi) is 7.37. The fourth-order valence-corrected chi connectivity index (χ4v) is 6.60. The van der Waals surface area contributed by atoms with Crippen LogP contribution in [0.3, 0.4) is 0 Å². The molecule has 0 aliphatic carbocycles. The Morgan fingerprint density at radius 2 is 2.20 bits per heavy atom. The number of oxime groups is 1. The Bertz CT molecular complexity index is 1220. The van der Waals surface area contributed by atoms with Crippen molar-refractivity contribution in [3.8, 4) is 0 Å². The quantitative estimate of drug-likeness (QED) is 0.187. The van der Waals surface area contributed by atoms with Gasteiger partial charge in [0.05, 0.1) is 11.7 Å². The number of alkyl halides is 1. The third-order valence-electron chi connectivity index (χ3n) is 5.40. The van der Waals surface area contributed by atoms with Crippen molar-refractivity contribution < 1.29 is 28.7 Å². The first-order valence-corrected chi connectivity index (χ1v) is 12.9. The van der Waals surface area contributed by atoms with Gasteiger partial charge in [-0.05, 0) is 26.7 Å². The highest BCUT2D eigenvalue weighted by molar-refractivity contribution is 8.04. The number of amides is 2. The van der Waals surface area contributed by atoms with Gasteiger partial charge in [-0.15, -0.1) is 22.7 Å². The van der Waals surface area contributed by atoms with Crippen LogP contribution in [0.15, 0.2) is 25.5 Å². The highest BCUT2D eigenvalue weighted by Gasteiger charge is 2.54. The topological polar surface area (TPSA) is 160 Å². The molecular formula is C20H21FN6O5S3. The van der Waals surface area contributed by atoms with Crippen molar-refractivity contribution in [3.63, 3.8) is 0 Å². The number of nitrogens with one attached hydrogen (secondary N) is 1. The summed E-state index contributed by atoms with van der Waals surface area (Å²) in [4.78, 5) is 54.0.